The summed E-state index contributed by atoms with van der Waals surface area (Å²) in [6, 6.07) is 0. The molecule has 0 bridgehead atoms. The first-order chi connectivity index (χ1) is 12.3. The predicted octanol–water partition coefficient (Wildman–Crippen LogP) is 7.13. The van der Waals surface area contributed by atoms with E-state index in [1.807, 2.05) is 0 Å². The summed E-state index contributed by atoms with van der Waals surface area (Å²) >= 11 is 1.33. The van der Waals surface area contributed by atoms with Crippen molar-refractivity contribution in [2.45, 2.75) is 128 Å². The Labute approximate surface area is 171 Å². The molecule has 0 heterocycles. The second kappa shape index (κ2) is 10.9. The third kappa shape index (κ3) is 6.70. The zero-order chi connectivity index (χ0) is 17.4. The van der Waals surface area contributed by atoms with Gasteiger partial charge in [0.15, 0.2) is 0 Å². The molecule has 3 aliphatic carbocycles. The van der Waals surface area contributed by atoms with Gasteiger partial charge in [0.2, 0.25) is 0 Å². The number of rotatable bonds is 8. The normalized spacial score (nSPS) is 25.3. The maximum absolute atomic E-state index is 6.52. The second-order valence-corrected chi connectivity index (χ2v) is 10.3. The van der Waals surface area contributed by atoms with Gasteiger partial charge < -0.3 is 0 Å². The molecule has 0 unspecified atom stereocenters. The summed E-state index contributed by atoms with van der Waals surface area (Å²) in [6.45, 7) is 0. The molecule has 3 saturated carbocycles. The van der Waals surface area contributed by atoms with Crippen LogP contribution in [0.25, 0.3) is 0 Å². The van der Waals surface area contributed by atoms with Gasteiger partial charge in [0.05, 0.1) is 0 Å². The summed E-state index contributed by atoms with van der Waals surface area (Å²) in [5, 5.41) is 0. The average Bonchev–Trinajstić information content (AvgIpc) is 2.68. The first-order valence-corrected chi connectivity index (χ1v) is 12.8. The van der Waals surface area contributed by atoms with E-state index in [1.165, 1.54) is 145 Å². The van der Waals surface area contributed by atoms with E-state index in [2.05, 4.69) is 0 Å². The predicted molar refractivity (Wildman–Crippen MR) is 108 cm³/mol. The van der Waals surface area contributed by atoms with E-state index in [0.717, 1.165) is 17.8 Å². The Morgan fingerprint density at radius 1 is 0.600 bits per heavy atom. The van der Waals surface area contributed by atoms with E-state index < -0.39 is 0 Å². The van der Waals surface area contributed by atoms with Gasteiger partial charge >= 0.3 is 171 Å². The monoisotopic (exact) mass is 453 g/mol. The van der Waals surface area contributed by atoms with E-state index in [9.17, 15) is 0 Å². The van der Waals surface area contributed by atoms with Crippen molar-refractivity contribution < 1.29 is 3.07 Å². The summed E-state index contributed by atoms with van der Waals surface area (Å²) < 4.78 is 6.52. The molecule has 1 nitrogen and oxygen atoms in total. The Morgan fingerprint density at radius 3 is 1.40 bits per heavy atom. The fourth-order valence-corrected chi connectivity index (χ4v) is 6.97. The van der Waals surface area contributed by atoms with Crippen LogP contribution in [0.4, 0.5) is 0 Å². The minimum absolute atomic E-state index is 0.250. The van der Waals surface area contributed by atoms with Crippen molar-refractivity contribution >= 4 is 22.9 Å². The van der Waals surface area contributed by atoms with Gasteiger partial charge in [-0.15, -0.1) is 0 Å². The standard InChI is InChI=1S/C23H41O.Sn/c24-23(18-21-12-6-2-7-13-21,19-22-14-8-3-9-15-22)17-16-20-10-4-1-5-11-20;/h20-22H,1-19H2;/q-1;+1. The third-order valence-corrected chi connectivity index (χ3v) is 8.96. The Kier molecular flexibility index (Phi) is 8.96. The van der Waals surface area contributed by atoms with E-state index in [4.69, 9.17) is 3.07 Å². The molecule has 0 N–H and O–H groups in total. The molecule has 2 heteroatoms. The van der Waals surface area contributed by atoms with Crippen LogP contribution in [0.2, 0.25) is 0 Å². The summed E-state index contributed by atoms with van der Waals surface area (Å²) in [6.07, 6.45) is 27.9. The fourth-order valence-electron chi connectivity index (χ4n) is 6.20. The first kappa shape index (κ1) is 20.5. The summed E-state index contributed by atoms with van der Waals surface area (Å²) in [5.41, 5.74) is 0.250. The zero-order valence-corrected chi connectivity index (χ0v) is 19.4. The van der Waals surface area contributed by atoms with Crippen LogP contribution in [-0.2, 0) is 3.07 Å². The summed E-state index contributed by atoms with van der Waals surface area (Å²) in [7, 11) is 0. The minimum atomic E-state index is 0.250. The molecule has 25 heavy (non-hydrogen) atoms. The quantitative estimate of drug-likeness (QED) is 0.356. The topological polar surface area (TPSA) is 9.23 Å². The molecular formula is C23H41OSn. The first-order valence-electron chi connectivity index (χ1n) is 11.6. The van der Waals surface area contributed by atoms with Gasteiger partial charge in [-0.25, -0.2) is 0 Å². The molecule has 0 aromatic rings. The van der Waals surface area contributed by atoms with Gasteiger partial charge in [-0.3, -0.25) is 0 Å². The molecule has 0 atom stereocenters. The van der Waals surface area contributed by atoms with E-state index in [1.54, 1.807) is 0 Å². The summed E-state index contributed by atoms with van der Waals surface area (Å²) in [4.78, 5) is 0. The fraction of sp³-hybridized carbons (Fsp3) is 1.00. The van der Waals surface area contributed by atoms with Crippen LogP contribution >= 0.6 is 0 Å². The van der Waals surface area contributed by atoms with Crippen molar-refractivity contribution in [3.63, 3.8) is 0 Å². The van der Waals surface area contributed by atoms with Crippen molar-refractivity contribution in [1.29, 1.82) is 0 Å². The molecule has 0 aromatic heterocycles. The van der Waals surface area contributed by atoms with E-state index >= 15 is 0 Å². The van der Waals surface area contributed by atoms with Gasteiger partial charge in [0.1, 0.15) is 0 Å². The molecule has 0 saturated heterocycles. The molecule has 143 valence electrons. The maximum atomic E-state index is 6.52. The average molecular weight is 452 g/mol. The van der Waals surface area contributed by atoms with Crippen molar-refractivity contribution in [3.05, 3.63) is 0 Å². The Balaban J connectivity index is 1.60. The van der Waals surface area contributed by atoms with Gasteiger partial charge in [0.25, 0.3) is 0 Å². The van der Waals surface area contributed by atoms with E-state index in [0.29, 0.717) is 0 Å². The molecule has 3 aliphatic rings. The van der Waals surface area contributed by atoms with Crippen molar-refractivity contribution in [3.8, 4) is 0 Å². The van der Waals surface area contributed by atoms with Gasteiger partial charge in [-0.1, -0.05) is 0 Å². The Morgan fingerprint density at radius 2 is 1.00 bits per heavy atom. The van der Waals surface area contributed by atoms with Crippen LogP contribution < -0.4 is 0 Å². The third-order valence-electron chi connectivity index (χ3n) is 7.72. The van der Waals surface area contributed by atoms with Gasteiger partial charge in [-0.05, 0) is 0 Å². The Hall–Kier alpha value is 0.759. The zero-order valence-electron chi connectivity index (χ0n) is 16.6. The van der Waals surface area contributed by atoms with Crippen LogP contribution in [0.1, 0.15) is 122 Å². The van der Waals surface area contributed by atoms with Crippen molar-refractivity contribution in [2.75, 3.05) is 0 Å². The number of hydrogen-bond donors (Lipinski definition) is 0. The van der Waals surface area contributed by atoms with Crippen LogP contribution in [0, 0.1) is 17.8 Å². The molecule has 3 rings (SSSR count). The van der Waals surface area contributed by atoms with E-state index in [-0.39, 0.29) is 5.60 Å². The molecule has 0 amide bonds. The molecule has 0 spiro atoms. The van der Waals surface area contributed by atoms with Crippen molar-refractivity contribution in [1.82, 2.24) is 0 Å². The Bertz CT molecular complexity index is 331. The number of hydrogen-bond acceptors (Lipinski definition) is 1. The molecule has 3 radical (unpaired) electrons. The summed E-state index contributed by atoms with van der Waals surface area (Å²) in [5.74, 6) is 2.94. The molecular weight excluding hydrogens is 411 g/mol. The van der Waals surface area contributed by atoms with Crippen LogP contribution in [0.15, 0.2) is 0 Å². The van der Waals surface area contributed by atoms with Crippen LogP contribution in [0.3, 0.4) is 0 Å². The molecule has 0 aliphatic heterocycles. The van der Waals surface area contributed by atoms with Gasteiger partial charge in [-0.2, -0.15) is 0 Å². The van der Waals surface area contributed by atoms with Crippen LogP contribution in [0.5, 0.6) is 0 Å². The van der Waals surface area contributed by atoms with Gasteiger partial charge in [0, 0.05) is 0 Å². The molecule has 3 fully saturated rings. The SMILES string of the molecule is [Sn][O]C(CCC1CCCCC1)(CC1CCCCC1)CC1CCCCC1. The van der Waals surface area contributed by atoms with Crippen molar-refractivity contribution in [2.24, 2.45) is 17.8 Å². The molecule has 0 aromatic carbocycles. The second-order valence-electron chi connectivity index (χ2n) is 9.74. The van der Waals surface area contributed by atoms with Crippen LogP contribution in [-0.4, -0.2) is 28.5 Å².